The molecule has 5 rings (SSSR count). The Morgan fingerprint density at radius 1 is 1.27 bits per heavy atom. The maximum absolute atomic E-state index is 13.9. The van der Waals surface area contributed by atoms with Gasteiger partial charge in [-0.25, -0.2) is 19.2 Å². The molecule has 33 heavy (non-hydrogen) atoms. The van der Waals surface area contributed by atoms with Gasteiger partial charge in [0.15, 0.2) is 5.82 Å². The lowest BCUT2D eigenvalue weighted by molar-refractivity contribution is 0.0612. The van der Waals surface area contributed by atoms with E-state index >= 15 is 0 Å². The number of hydrogen-bond donors (Lipinski definition) is 3. The fourth-order valence-corrected chi connectivity index (χ4v) is 4.13. The Morgan fingerprint density at radius 3 is 2.85 bits per heavy atom. The van der Waals surface area contributed by atoms with Gasteiger partial charge in [0.25, 0.3) is 0 Å². The highest BCUT2D eigenvalue weighted by Crippen LogP contribution is 2.31. The second kappa shape index (κ2) is 8.43. The van der Waals surface area contributed by atoms with Crippen LogP contribution in [0.5, 0.6) is 0 Å². The molecule has 0 spiro atoms. The molecule has 0 aromatic carbocycles. The number of rotatable bonds is 5. The first-order valence-corrected chi connectivity index (χ1v) is 11.0. The number of alkyl halides is 1. The molecular formula is C21H26FN9O2. The minimum absolute atomic E-state index is 0.0508. The van der Waals surface area contributed by atoms with Crippen LogP contribution in [-0.2, 0) is 0 Å². The van der Waals surface area contributed by atoms with Crippen molar-refractivity contribution in [3.63, 3.8) is 0 Å². The van der Waals surface area contributed by atoms with E-state index in [2.05, 4.69) is 30.7 Å². The Morgan fingerprint density at radius 2 is 2.12 bits per heavy atom. The standard InChI is InChI=1S/C21H26FN9O2/c1-12(2)31-15-9-18(25-10-13(15)19(28-31)30-8-6-24-21(30)33)26-17-3-5-23-20(27-17)29-7-4-16(32)14(22)11-29/h3,5,9-10,12,14,16,32H,4,6-8,11H2,1-2H3,(H,24,33)(H,23,25,26,27)/t14-,16+/m0/s1. The maximum Gasteiger partial charge on any atom is 0.323 e. The summed E-state index contributed by atoms with van der Waals surface area (Å²) in [4.78, 5) is 28.8. The molecule has 2 fully saturated rings. The van der Waals surface area contributed by atoms with Crippen LogP contribution in [0.4, 0.5) is 32.6 Å². The Bertz CT molecular complexity index is 1180. The molecule has 2 aliphatic rings. The van der Waals surface area contributed by atoms with Gasteiger partial charge < -0.3 is 20.6 Å². The molecule has 2 atom stereocenters. The van der Waals surface area contributed by atoms with Crippen molar-refractivity contribution in [1.82, 2.24) is 30.0 Å². The first-order valence-electron chi connectivity index (χ1n) is 11.0. The minimum atomic E-state index is -1.33. The molecule has 12 heteroatoms. The fraction of sp³-hybridized carbons (Fsp3) is 0.476. The largest absolute Gasteiger partial charge is 0.390 e. The molecule has 11 nitrogen and oxygen atoms in total. The summed E-state index contributed by atoms with van der Waals surface area (Å²) in [6.45, 7) is 5.72. The fourth-order valence-electron chi connectivity index (χ4n) is 4.13. The lowest BCUT2D eigenvalue weighted by Crippen LogP contribution is -2.45. The smallest absolute Gasteiger partial charge is 0.323 e. The first kappa shape index (κ1) is 21.3. The topological polar surface area (TPSA) is 124 Å². The number of nitrogens with zero attached hydrogens (tertiary/aromatic N) is 7. The molecule has 0 radical (unpaired) electrons. The quantitative estimate of drug-likeness (QED) is 0.534. The molecule has 3 aromatic heterocycles. The van der Waals surface area contributed by atoms with Gasteiger partial charge in [0.2, 0.25) is 5.95 Å². The lowest BCUT2D eigenvalue weighted by Gasteiger charge is -2.32. The van der Waals surface area contributed by atoms with Gasteiger partial charge in [-0.15, -0.1) is 0 Å². The van der Waals surface area contributed by atoms with E-state index in [1.54, 1.807) is 28.3 Å². The lowest BCUT2D eigenvalue weighted by atomic mass is 10.1. The Labute approximate surface area is 189 Å². The normalized spacial score (nSPS) is 21.2. The van der Waals surface area contributed by atoms with E-state index in [1.165, 1.54) is 0 Å². The van der Waals surface area contributed by atoms with Crippen LogP contribution in [0, 0.1) is 0 Å². The van der Waals surface area contributed by atoms with Gasteiger partial charge in [-0.1, -0.05) is 0 Å². The zero-order chi connectivity index (χ0) is 23.1. The highest BCUT2D eigenvalue weighted by molar-refractivity contribution is 6.02. The molecule has 0 unspecified atom stereocenters. The molecule has 2 aliphatic heterocycles. The third kappa shape index (κ3) is 4.01. The first-order chi connectivity index (χ1) is 15.9. The molecule has 174 valence electrons. The third-order valence-electron chi connectivity index (χ3n) is 5.86. The van der Waals surface area contributed by atoms with Crippen molar-refractivity contribution in [2.24, 2.45) is 0 Å². The number of piperidine rings is 1. The summed E-state index contributed by atoms with van der Waals surface area (Å²) >= 11 is 0. The van der Waals surface area contributed by atoms with Crippen molar-refractivity contribution < 1.29 is 14.3 Å². The summed E-state index contributed by atoms with van der Waals surface area (Å²) in [6, 6.07) is 3.50. The average Bonchev–Trinajstić information content (AvgIpc) is 3.38. The number of halogens is 1. The van der Waals surface area contributed by atoms with E-state index in [9.17, 15) is 14.3 Å². The van der Waals surface area contributed by atoms with Gasteiger partial charge in [-0.2, -0.15) is 10.1 Å². The number of nitrogens with one attached hydrogen (secondary N) is 2. The maximum atomic E-state index is 13.9. The van der Waals surface area contributed by atoms with Crippen molar-refractivity contribution in [3.05, 3.63) is 24.5 Å². The number of amides is 2. The van der Waals surface area contributed by atoms with Gasteiger partial charge in [-0.3, -0.25) is 9.58 Å². The average molecular weight is 455 g/mol. The monoisotopic (exact) mass is 455 g/mol. The molecule has 5 heterocycles. The van der Waals surface area contributed by atoms with Crippen LogP contribution < -0.4 is 20.4 Å². The highest BCUT2D eigenvalue weighted by Gasteiger charge is 2.29. The Kier molecular flexibility index (Phi) is 5.44. The van der Waals surface area contributed by atoms with E-state index in [0.29, 0.717) is 49.5 Å². The van der Waals surface area contributed by atoms with E-state index in [-0.39, 0.29) is 18.6 Å². The summed E-state index contributed by atoms with van der Waals surface area (Å²) in [6.07, 6.45) is 1.36. The number of fused-ring (bicyclic) bond motifs is 1. The second-order valence-electron chi connectivity index (χ2n) is 8.52. The number of carbonyl (C=O) groups is 1. The number of hydrogen-bond acceptors (Lipinski definition) is 8. The second-order valence-corrected chi connectivity index (χ2v) is 8.52. The summed E-state index contributed by atoms with van der Waals surface area (Å²) in [5.74, 6) is 2.06. The van der Waals surface area contributed by atoms with E-state index in [4.69, 9.17) is 0 Å². The predicted octanol–water partition coefficient (Wildman–Crippen LogP) is 1.98. The van der Waals surface area contributed by atoms with Crippen LogP contribution in [0.3, 0.4) is 0 Å². The zero-order valence-corrected chi connectivity index (χ0v) is 18.4. The summed E-state index contributed by atoms with van der Waals surface area (Å²) in [5.41, 5.74) is 0.844. The van der Waals surface area contributed by atoms with Gasteiger partial charge >= 0.3 is 6.03 Å². The molecule has 3 aromatic rings. The molecule has 0 saturated carbocycles. The number of aromatic nitrogens is 5. The summed E-state index contributed by atoms with van der Waals surface area (Å²) < 4.78 is 15.8. The number of aliphatic hydroxyl groups is 1. The SMILES string of the molecule is CC(C)n1nc(N2CCNC2=O)c2cnc(Nc3ccnc(N4CC[C@@H](O)[C@@H](F)C4)n3)cc21. The molecule has 2 amide bonds. The summed E-state index contributed by atoms with van der Waals surface area (Å²) in [7, 11) is 0. The van der Waals surface area contributed by atoms with Crippen molar-refractivity contribution in [2.75, 3.05) is 41.3 Å². The van der Waals surface area contributed by atoms with Crippen molar-refractivity contribution >= 4 is 40.3 Å². The van der Waals surface area contributed by atoms with Crippen molar-refractivity contribution in [1.29, 1.82) is 0 Å². The predicted molar refractivity (Wildman–Crippen MR) is 122 cm³/mol. The zero-order valence-electron chi connectivity index (χ0n) is 18.4. The van der Waals surface area contributed by atoms with Crippen LogP contribution in [0.2, 0.25) is 0 Å². The van der Waals surface area contributed by atoms with Crippen molar-refractivity contribution in [3.8, 4) is 0 Å². The number of anilines is 4. The molecule has 2 saturated heterocycles. The van der Waals surface area contributed by atoms with Crippen LogP contribution in [0.1, 0.15) is 26.3 Å². The van der Waals surface area contributed by atoms with Gasteiger partial charge in [-0.05, 0) is 26.3 Å². The van der Waals surface area contributed by atoms with Gasteiger partial charge in [0, 0.05) is 44.1 Å². The third-order valence-corrected chi connectivity index (χ3v) is 5.86. The van der Waals surface area contributed by atoms with Gasteiger partial charge in [0.1, 0.15) is 17.8 Å². The van der Waals surface area contributed by atoms with Crippen molar-refractivity contribution in [2.45, 2.75) is 38.6 Å². The highest BCUT2D eigenvalue weighted by atomic mass is 19.1. The minimum Gasteiger partial charge on any atom is -0.390 e. The van der Waals surface area contributed by atoms with Crippen LogP contribution in [-0.4, -0.2) is 74.3 Å². The molecule has 0 aliphatic carbocycles. The Balaban J connectivity index is 1.43. The summed E-state index contributed by atoms with van der Waals surface area (Å²) in [5, 5.41) is 21.1. The van der Waals surface area contributed by atoms with Crippen LogP contribution in [0.15, 0.2) is 24.5 Å². The molecule has 0 bridgehead atoms. The van der Waals surface area contributed by atoms with E-state index < -0.39 is 12.3 Å². The van der Waals surface area contributed by atoms with E-state index in [1.807, 2.05) is 24.6 Å². The number of urea groups is 1. The molecular weight excluding hydrogens is 429 g/mol. The number of aliphatic hydroxyl groups excluding tert-OH is 1. The Hall–Kier alpha value is -3.54. The van der Waals surface area contributed by atoms with Crippen LogP contribution >= 0.6 is 0 Å². The van der Waals surface area contributed by atoms with Crippen LogP contribution in [0.25, 0.3) is 10.9 Å². The number of pyridine rings is 1. The number of carbonyl (C=O) groups excluding carboxylic acids is 1. The molecule has 3 N–H and O–H groups in total. The van der Waals surface area contributed by atoms with E-state index in [0.717, 1.165) is 10.9 Å². The van der Waals surface area contributed by atoms with Gasteiger partial charge in [0.05, 0.1) is 23.6 Å².